The lowest BCUT2D eigenvalue weighted by Crippen LogP contribution is -2.50. The van der Waals surface area contributed by atoms with Crippen molar-refractivity contribution >= 4 is 34.3 Å². The Bertz CT molecular complexity index is 1270. The smallest absolute Gasteiger partial charge is 0.282 e. The molecule has 3 aromatic carbocycles. The Morgan fingerprint density at radius 2 is 1.28 bits per heavy atom. The van der Waals surface area contributed by atoms with E-state index in [4.69, 9.17) is 0 Å². The number of hydrogen-bond acceptors (Lipinski definition) is 8. The van der Waals surface area contributed by atoms with Gasteiger partial charge in [0.2, 0.25) is 5.69 Å². The van der Waals surface area contributed by atoms with Crippen LogP contribution in [0.2, 0.25) is 0 Å². The van der Waals surface area contributed by atoms with Crippen LogP contribution in [-0.4, -0.2) is 31.8 Å². The number of benzene rings is 3. The third kappa shape index (κ3) is 4.20. The number of hydroxylamine groups is 2. The van der Waals surface area contributed by atoms with Crippen LogP contribution in [0.1, 0.15) is 33.3 Å². The Morgan fingerprint density at radius 3 is 1.64 bits per heavy atom. The van der Waals surface area contributed by atoms with Gasteiger partial charge >= 0.3 is 11.4 Å². The first-order valence-corrected chi connectivity index (χ1v) is 11.2. The number of nitro benzene ring substituents is 2. The number of hydrogen-bond donors (Lipinski definition) is 1. The van der Waals surface area contributed by atoms with Crippen LogP contribution in [0.5, 0.6) is 0 Å². The van der Waals surface area contributed by atoms with E-state index in [0.717, 1.165) is 12.1 Å². The Balaban J connectivity index is 1.89. The van der Waals surface area contributed by atoms with E-state index in [9.17, 15) is 25.4 Å². The lowest BCUT2D eigenvalue weighted by Gasteiger charge is -2.35. The molecule has 185 valence electrons. The molecular formula is C25H25N6O5. The summed E-state index contributed by atoms with van der Waals surface area (Å²) in [4.78, 5) is 27.3. The van der Waals surface area contributed by atoms with E-state index in [1.807, 2.05) is 12.1 Å². The summed E-state index contributed by atoms with van der Waals surface area (Å²) < 4.78 is 0. The van der Waals surface area contributed by atoms with E-state index in [1.165, 1.54) is 5.01 Å². The summed E-state index contributed by atoms with van der Waals surface area (Å²) in [7, 11) is 0. The van der Waals surface area contributed by atoms with E-state index in [-0.39, 0.29) is 17.1 Å². The predicted octanol–water partition coefficient (Wildman–Crippen LogP) is 5.63. The van der Waals surface area contributed by atoms with Crippen molar-refractivity contribution in [2.75, 3.05) is 10.4 Å². The van der Waals surface area contributed by atoms with Crippen molar-refractivity contribution in [3.8, 4) is 0 Å². The van der Waals surface area contributed by atoms with Gasteiger partial charge in [0.25, 0.3) is 0 Å². The largest absolute Gasteiger partial charge is 0.302 e. The van der Waals surface area contributed by atoms with Crippen molar-refractivity contribution in [1.82, 2.24) is 5.06 Å². The normalized spacial score (nSPS) is 15.8. The molecule has 0 saturated carbocycles. The molecule has 0 fully saturated rings. The zero-order valence-corrected chi connectivity index (χ0v) is 20.2. The van der Waals surface area contributed by atoms with Gasteiger partial charge in [-0.25, -0.2) is 0 Å². The van der Waals surface area contributed by atoms with E-state index in [1.54, 1.807) is 76.2 Å². The molecule has 0 aromatic heterocycles. The van der Waals surface area contributed by atoms with Crippen molar-refractivity contribution in [3.63, 3.8) is 0 Å². The maximum Gasteiger partial charge on any atom is 0.302 e. The van der Waals surface area contributed by atoms with E-state index >= 15 is 0 Å². The van der Waals surface area contributed by atoms with Gasteiger partial charge in [0.05, 0.1) is 32.3 Å². The fourth-order valence-electron chi connectivity index (χ4n) is 3.83. The molecule has 0 unspecified atom stereocenters. The number of nitrogens with zero attached hydrogens (tertiary/aromatic N) is 5. The molecular weight excluding hydrogens is 464 g/mol. The first-order chi connectivity index (χ1) is 16.9. The molecule has 11 nitrogen and oxygen atoms in total. The Kier molecular flexibility index (Phi) is 6.10. The van der Waals surface area contributed by atoms with Gasteiger partial charge in [-0.2, -0.15) is 5.06 Å². The fourth-order valence-corrected chi connectivity index (χ4v) is 3.83. The zero-order chi connectivity index (χ0) is 26.3. The minimum Gasteiger partial charge on any atom is -0.282 e. The lowest BCUT2D eigenvalue weighted by molar-refractivity contribution is -0.392. The molecule has 11 heteroatoms. The Hall–Kier alpha value is -4.51. The molecule has 1 heterocycles. The first-order valence-electron chi connectivity index (χ1n) is 11.2. The third-order valence-corrected chi connectivity index (χ3v) is 6.58. The lowest BCUT2D eigenvalue weighted by atomic mass is 9.84. The number of anilines is 3. The zero-order valence-electron chi connectivity index (χ0n) is 20.2. The van der Waals surface area contributed by atoms with Crippen LogP contribution in [0.3, 0.4) is 0 Å². The van der Waals surface area contributed by atoms with Crippen LogP contribution in [0.4, 0.5) is 28.4 Å². The van der Waals surface area contributed by atoms with Crippen molar-refractivity contribution in [3.05, 3.63) is 98.6 Å². The number of aliphatic imine (C=N–C) groups is 1. The number of nitrogens with one attached hydrogen (secondary N) is 1. The summed E-state index contributed by atoms with van der Waals surface area (Å²) in [5.41, 5.74) is 0.876. The maximum absolute atomic E-state index is 13.1. The molecule has 0 bridgehead atoms. The van der Waals surface area contributed by atoms with Gasteiger partial charge in [0, 0.05) is 17.7 Å². The van der Waals surface area contributed by atoms with E-state index in [0.29, 0.717) is 16.4 Å². The Labute approximate surface area is 207 Å². The van der Waals surface area contributed by atoms with Gasteiger partial charge in [-0.05, 0) is 52.0 Å². The van der Waals surface area contributed by atoms with E-state index in [2.05, 4.69) is 10.4 Å². The molecule has 1 aliphatic rings. The maximum atomic E-state index is 13.1. The third-order valence-electron chi connectivity index (χ3n) is 6.58. The summed E-state index contributed by atoms with van der Waals surface area (Å²) in [6, 6.07) is 20.1. The summed E-state index contributed by atoms with van der Waals surface area (Å²) >= 11 is 0. The van der Waals surface area contributed by atoms with Crippen LogP contribution < -0.4 is 10.4 Å². The highest BCUT2D eigenvalue weighted by atomic mass is 16.6. The van der Waals surface area contributed by atoms with Gasteiger partial charge in [-0.15, -0.1) is 0 Å². The second-order valence-corrected chi connectivity index (χ2v) is 9.37. The standard InChI is InChI=1S/C25H25N6O5/c1-24(2)25(3,4)29(32)23(26-24)17-15-20(30(33)34)22(21(16-17)31(35)36)27-28(18-11-7-5-8-12-18)19-13-9-6-10-14-19/h5-16,27H,1-4H3. The van der Waals surface area contributed by atoms with Gasteiger partial charge in [0.1, 0.15) is 0 Å². The van der Waals surface area contributed by atoms with Crippen LogP contribution >= 0.6 is 0 Å². The minimum absolute atomic E-state index is 0.00132. The van der Waals surface area contributed by atoms with Crippen molar-refractivity contribution in [1.29, 1.82) is 0 Å². The summed E-state index contributed by atoms with van der Waals surface area (Å²) in [6.07, 6.45) is 0. The van der Waals surface area contributed by atoms with Crippen molar-refractivity contribution < 1.29 is 15.1 Å². The number of nitro groups is 2. The molecule has 1 N–H and O–H groups in total. The summed E-state index contributed by atoms with van der Waals surface area (Å²) in [5.74, 6) is -0.0919. The minimum atomic E-state index is -0.958. The summed E-state index contributed by atoms with van der Waals surface area (Å²) in [6.45, 7) is 6.93. The van der Waals surface area contributed by atoms with Gasteiger partial charge in [-0.1, -0.05) is 41.6 Å². The molecule has 0 atom stereocenters. The molecule has 0 amide bonds. The van der Waals surface area contributed by atoms with Gasteiger partial charge in [-0.3, -0.25) is 35.7 Å². The fraction of sp³-hybridized carbons (Fsp3) is 0.240. The molecule has 0 saturated heterocycles. The van der Waals surface area contributed by atoms with Crippen molar-refractivity contribution in [2.45, 2.75) is 38.8 Å². The van der Waals surface area contributed by atoms with Gasteiger partial charge < -0.3 is 0 Å². The molecule has 36 heavy (non-hydrogen) atoms. The Morgan fingerprint density at radius 1 is 0.833 bits per heavy atom. The highest BCUT2D eigenvalue weighted by Crippen LogP contribution is 2.42. The highest BCUT2D eigenvalue weighted by Gasteiger charge is 2.50. The van der Waals surface area contributed by atoms with Crippen LogP contribution in [-0.2, 0) is 5.21 Å². The number of para-hydroxylation sites is 2. The van der Waals surface area contributed by atoms with Crippen molar-refractivity contribution in [2.24, 2.45) is 4.99 Å². The second-order valence-electron chi connectivity index (χ2n) is 9.37. The second kappa shape index (κ2) is 8.93. The SMILES string of the molecule is CC1(C)N=C(c2cc([N+](=O)[O-])c(NN(c3ccccc3)c3ccccc3)c([N+](=O)[O-])c2)N([O])C1(C)C. The average molecular weight is 490 g/mol. The van der Waals surface area contributed by atoms with E-state index < -0.39 is 32.3 Å². The van der Waals surface area contributed by atoms with Crippen LogP contribution in [0.25, 0.3) is 0 Å². The molecule has 4 rings (SSSR count). The highest BCUT2D eigenvalue weighted by molar-refractivity contribution is 6.02. The number of rotatable bonds is 7. The molecule has 1 radical (unpaired) electrons. The molecule has 3 aromatic rings. The number of hydrazine groups is 1. The van der Waals surface area contributed by atoms with Crippen LogP contribution in [0, 0.1) is 20.2 Å². The topological polar surface area (TPSA) is 137 Å². The molecule has 0 spiro atoms. The predicted molar refractivity (Wildman–Crippen MR) is 136 cm³/mol. The average Bonchev–Trinajstić information content (AvgIpc) is 3.01. The number of amidine groups is 1. The van der Waals surface area contributed by atoms with Gasteiger partial charge in [0.15, 0.2) is 5.84 Å². The van der Waals surface area contributed by atoms with Crippen LogP contribution in [0.15, 0.2) is 77.8 Å². The molecule has 0 aliphatic carbocycles. The monoisotopic (exact) mass is 489 g/mol. The molecule has 1 aliphatic heterocycles. The summed E-state index contributed by atoms with van der Waals surface area (Å²) in [5, 5.41) is 39.5. The first kappa shape index (κ1) is 24.6. The quantitative estimate of drug-likeness (QED) is 0.335.